The van der Waals surface area contributed by atoms with Gasteiger partial charge in [0, 0.05) is 50.1 Å². The summed E-state index contributed by atoms with van der Waals surface area (Å²) in [4.78, 5) is 41.0. The minimum absolute atomic E-state index is 0.0407. The Hall–Kier alpha value is -2.89. The fourth-order valence-electron chi connectivity index (χ4n) is 4.42. The van der Waals surface area contributed by atoms with Crippen molar-refractivity contribution >= 4 is 17.6 Å². The van der Waals surface area contributed by atoms with Crippen LogP contribution in [0.15, 0.2) is 30.3 Å². The molecule has 1 aromatic carbocycles. The van der Waals surface area contributed by atoms with Gasteiger partial charge in [-0.1, -0.05) is 30.3 Å². The predicted molar refractivity (Wildman–Crippen MR) is 110 cm³/mol. The molecule has 2 amide bonds. The second-order valence-corrected chi connectivity index (χ2v) is 8.04. The lowest BCUT2D eigenvalue weighted by Gasteiger charge is -2.32. The number of aromatic nitrogens is 1. The van der Waals surface area contributed by atoms with E-state index in [1.165, 1.54) is 5.56 Å². The fraction of sp³-hybridized carbons (Fsp3) is 0.435. The minimum Gasteiger partial charge on any atom is -0.343 e. The van der Waals surface area contributed by atoms with Gasteiger partial charge in [-0.25, -0.2) is 0 Å². The van der Waals surface area contributed by atoms with Gasteiger partial charge in [-0.2, -0.15) is 0 Å². The lowest BCUT2D eigenvalue weighted by molar-refractivity contribution is -0.143. The Bertz CT molecular complexity index is 961. The van der Waals surface area contributed by atoms with Crippen molar-refractivity contribution in [3.8, 4) is 0 Å². The monoisotopic (exact) mass is 393 g/mol. The quantitative estimate of drug-likeness (QED) is 0.800. The second kappa shape index (κ2) is 7.85. The molecular weight excluding hydrogens is 366 g/mol. The highest BCUT2D eigenvalue weighted by Crippen LogP contribution is 2.31. The van der Waals surface area contributed by atoms with E-state index in [0.717, 1.165) is 35.4 Å². The summed E-state index contributed by atoms with van der Waals surface area (Å²) in [6.45, 7) is 3.92. The summed E-state index contributed by atoms with van der Waals surface area (Å²) in [7, 11) is 1.76. The van der Waals surface area contributed by atoms with Crippen LogP contribution < -0.4 is 0 Å². The Balaban J connectivity index is 1.65. The number of rotatable bonds is 4. The van der Waals surface area contributed by atoms with Gasteiger partial charge in [0.25, 0.3) is 0 Å². The van der Waals surface area contributed by atoms with Crippen LogP contribution in [-0.2, 0) is 29.0 Å². The van der Waals surface area contributed by atoms with Crippen molar-refractivity contribution in [3.05, 3.63) is 58.4 Å². The van der Waals surface area contributed by atoms with Crippen LogP contribution in [0, 0.1) is 6.92 Å². The van der Waals surface area contributed by atoms with E-state index in [2.05, 4.69) is 16.7 Å². The number of fused-ring (bicyclic) bond motifs is 1. The normalized spacial score (nSPS) is 16.9. The first-order chi connectivity index (χ1) is 14.0. The summed E-state index contributed by atoms with van der Waals surface area (Å²) >= 11 is 0. The highest BCUT2D eigenvalue weighted by atomic mass is 16.2. The van der Waals surface area contributed by atoms with E-state index in [0.29, 0.717) is 26.1 Å². The molecule has 152 valence electrons. The predicted octanol–water partition coefficient (Wildman–Crippen LogP) is 2.21. The van der Waals surface area contributed by atoms with Gasteiger partial charge < -0.3 is 14.4 Å². The molecule has 2 heterocycles. The lowest BCUT2D eigenvalue weighted by atomic mass is 9.92. The molecule has 0 radical (unpaired) electrons. The molecule has 4 rings (SSSR count). The highest BCUT2D eigenvalue weighted by Gasteiger charge is 2.31. The zero-order valence-electron chi connectivity index (χ0n) is 17.1. The number of amides is 2. The minimum atomic E-state index is -0.0763. The molecule has 1 aromatic heterocycles. The summed E-state index contributed by atoms with van der Waals surface area (Å²) in [5.74, 6) is 0.0204. The van der Waals surface area contributed by atoms with E-state index in [-0.39, 0.29) is 30.6 Å². The molecule has 29 heavy (non-hydrogen) atoms. The summed E-state index contributed by atoms with van der Waals surface area (Å²) in [5, 5.41) is 0. The molecule has 1 aliphatic carbocycles. The highest BCUT2D eigenvalue weighted by molar-refractivity contribution is 6.01. The number of hydrogen-bond acceptors (Lipinski definition) is 3. The van der Waals surface area contributed by atoms with E-state index in [9.17, 15) is 14.4 Å². The number of carbonyl (C=O) groups excluding carboxylic acids is 3. The van der Waals surface area contributed by atoms with E-state index in [4.69, 9.17) is 0 Å². The number of Topliss-reactive ketones (excluding diaryl/α,β-unsaturated/α-hetero) is 1. The third-order valence-corrected chi connectivity index (χ3v) is 6.18. The molecule has 0 spiro atoms. The van der Waals surface area contributed by atoms with Crippen molar-refractivity contribution in [2.75, 3.05) is 26.7 Å². The summed E-state index contributed by atoms with van der Waals surface area (Å²) < 4.78 is 2.21. The average molecular weight is 393 g/mol. The van der Waals surface area contributed by atoms with Gasteiger partial charge in [0.15, 0.2) is 5.78 Å². The molecule has 0 unspecified atom stereocenters. The molecule has 0 atom stereocenters. The van der Waals surface area contributed by atoms with Gasteiger partial charge in [0.1, 0.15) is 0 Å². The van der Waals surface area contributed by atoms with Crippen molar-refractivity contribution < 1.29 is 14.4 Å². The maximum Gasteiger partial charge on any atom is 0.241 e. The fourth-order valence-corrected chi connectivity index (χ4v) is 4.42. The number of likely N-dealkylation sites (N-methyl/N-ethyl adjacent to an activating group) is 1. The van der Waals surface area contributed by atoms with E-state index < -0.39 is 0 Å². The first-order valence-electron chi connectivity index (χ1n) is 10.3. The Morgan fingerprint density at radius 2 is 1.83 bits per heavy atom. The number of piperazine rings is 1. The molecule has 0 saturated carbocycles. The van der Waals surface area contributed by atoms with Crippen LogP contribution in [0.5, 0.6) is 0 Å². The van der Waals surface area contributed by atoms with Crippen molar-refractivity contribution in [2.24, 2.45) is 0 Å². The number of benzene rings is 1. The molecule has 1 saturated heterocycles. The van der Waals surface area contributed by atoms with Crippen LogP contribution in [-0.4, -0.2) is 58.6 Å². The Morgan fingerprint density at radius 1 is 1.07 bits per heavy atom. The van der Waals surface area contributed by atoms with E-state index >= 15 is 0 Å². The molecule has 2 aliphatic rings. The number of nitrogens with zero attached hydrogens (tertiary/aromatic N) is 3. The standard InChI is InChI=1S/C23H27N3O3/c1-16-18(13-21(28)25-12-11-24(2)22(29)15-25)23-19(9-6-10-20(23)27)26(16)14-17-7-4-3-5-8-17/h3-5,7-8H,6,9-15H2,1-2H3. The molecule has 6 heteroatoms. The molecule has 1 fully saturated rings. The van der Waals surface area contributed by atoms with Crippen LogP contribution in [0.1, 0.15) is 45.7 Å². The summed E-state index contributed by atoms with van der Waals surface area (Å²) in [5.41, 5.74) is 4.81. The zero-order chi connectivity index (χ0) is 20.5. The zero-order valence-corrected chi connectivity index (χ0v) is 17.1. The van der Waals surface area contributed by atoms with Crippen LogP contribution in [0.2, 0.25) is 0 Å². The molecule has 1 aliphatic heterocycles. The van der Waals surface area contributed by atoms with Crippen LogP contribution in [0.3, 0.4) is 0 Å². The van der Waals surface area contributed by atoms with E-state index in [1.54, 1.807) is 16.8 Å². The third-order valence-electron chi connectivity index (χ3n) is 6.18. The topological polar surface area (TPSA) is 62.6 Å². The van der Waals surface area contributed by atoms with Gasteiger partial charge in [-0.15, -0.1) is 0 Å². The van der Waals surface area contributed by atoms with Crippen LogP contribution in [0.4, 0.5) is 0 Å². The van der Waals surface area contributed by atoms with Crippen molar-refractivity contribution in [1.82, 2.24) is 14.4 Å². The Kier molecular flexibility index (Phi) is 5.26. The molecule has 0 bridgehead atoms. The van der Waals surface area contributed by atoms with Crippen LogP contribution >= 0.6 is 0 Å². The SMILES string of the molecule is Cc1c(CC(=O)N2CCN(C)C(=O)C2)c2c(n1Cc1ccccc1)CCCC2=O. The Labute approximate surface area is 171 Å². The van der Waals surface area contributed by atoms with Crippen molar-refractivity contribution in [1.29, 1.82) is 0 Å². The summed E-state index contributed by atoms with van der Waals surface area (Å²) in [6.07, 6.45) is 2.43. The van der Waals surface area contributed by atoms with Gasteiger partial charge in [0.05, 0.1) is 13.0 Å². The average Bonchev–Trinajstić information content (AvgIpc) is 2.97. The first-order valence-corrected chi connectivity index (χ1v) is 10.3. The number of ketones is 1. The van der Waals surface area contributed by atoms with Gasteiger partial charge in [-0.05, 0) is 30.9 Å². The number of hydrogen-bond donors (Lipinski definition) is 0. The van der Waals surface area contributed by atoms with Gasteiger partial charge in [-0.3, -0.25) is 14.4 Å². The van der Waals surface area contributed by atoms with Crippen LogP contribution in [0.25, 0.3) is 0 Å². The Morgan fingerprint density at radius 3 is 2.55 bits per heavy atom. The molecule has 0 N–H and O–H groups in total. The third kappa shape index (κ3) is 3.71. The molecule has 6 nitrogen and oxygen atoms in total. The maximum atomic E-state index is 13.0. The largest absolute Gasteiger partial charge is 0.343 e. The summed E-state index contributed by atoms with van der Waals surface area (Å²) in [6, 6.07) is 10.2. The molecular formula is C23H27N3O3. The number of carbonyl (C=O) groups is 3. The van der Waals surface area contributed by atoms with Gasteiger partial charge in [0.2, 0.25) is 11.8 Å². The van der Waals surface area contributed by atoms with Gasteiger partial charge >= 0.3 is 0 Å². The lowest BCUT2D eigenvalue weighted by Crippen LogP contribution is -2.51. The van der Waals surface area contributed by atoms with Crippen molar-refractivity contribution in [3.63, 3.8) is 0 Å². The smallest absolute Gasteiger partial charge is 0.241 e. The maximum absolute atomic E-state index is 13.0. The first kappa shape index (κ1) is 19.4. The second-order valence-electron chi connectivity index (χ2n) is 8.04. The van der Waals surface area contributed by atoms with Crippen molar-refractivity contribution in [2.45, 2.75) is 39.2 Å². The molecule has 2 aromatic rings. The van der Waals surface area contributed by atoms with E-state index in [1.807, 2.05) is 25.1 Å².